The molecular formula is C17H16BrN5O2S. The van der Waals surface area contributed by atoms with Crippen molar-refractivity contribution in [1.29, 1.82) is 0 Å². The van der Waals surface area contributed by atoms with Crippen molar-refractivity contribution >= 4 is 39.3 Å². The zero-order valence-corrected chi connectivity index (χ0v) is 16.5. The van der Waals surface area contributed by atoms with Crippen LogP contribution < -0.4 is 10.1 Å². The molecule has 26 heavy (non-hydrogen) atoms. The van der Waals surface area contributed by atoms with Crippen molar-refractivity contribution < 1.29 is 9.53 Å². The van der Waals surface area contributed by atoms with Gasteiger partial charge in [0.15, 0.2) is 0 Å². The lowest BCUT2D eigenvalue weighted by Crippen LogP contribution is -2.15. The molecule has 9 heteroatoms. The molecule has 3 rings (SSSR count). The minimum absolute atomic E-state index is 0.131. The minimum Gasteiger partial charge on any atom is -0.497 e. The first-order valence-corrected chi connectivity index (χ1v) is 9.46. The first kappa shape index (κ1) is 18.4. The standard InChI is InChI=1S/C17H16BrN5O2S/c1-11-9-14(25-2)7-8-15(11)19-16(24)10-26-17-20-21-22-23(17)13-5-3-12(18)4-6-13/h3-9H,10H2,1-2H3,(H,19,24). The Hall–Kier alpha value is -2.39. The van der Waals surface area contributed by atoms with Crippen LogP contribution in [-0.4, -0.2) is 39.0 Å². The Bertz CT molecular complexity index is 914. The van der Waals surface area contributed by atoms with Crippen LogP contribution in [0, 0.1) is 6.92 Å². The average molecular weight is 434 g/mol. The molecule has 0 aliphatic rings. The highest BCUT2D eigenvalue weighted by Crippen LogP contribution is 2.23. The Morgan fingerprint density at radius 1 is 1.27 bits per heavy atom. The summed E-state index contributed by atoms with van der Waals surface area (Å²) in [5, 5.41) is 15.1. The number of amides is 1. The summed E-state index contributed by atoms with van der Waals surface area (Å²) in [6.07, 6.45) is 0. The molecule has 1 N–H and O–H groups in total. The highest BCUT2D eigenvalue weighted by molar-refractivity contribution is 9.10. The average Bonchev–Trinajstić information content (AvgIpc) is 3.11. The second-order valence-electron chi connectivity index (χ2n) is 5.37. The Kier molecular flexibility index (Phi) is 5.89. The van der Waals surface area contributed by atoms with Crippen LogP contribution >= 0.6 is 27.7 Å². The number of aryl methyl sites for hydroxylation is 1. The first-order chi connectivity index (χ1) is 12.6. The summed E-state index contributed by atoms with van der Waals surface area (Å²) in [6.45, 7) is 1.92. The normalized spacial score (nSPS) is 10.6. The molecule has 0 saturated carbocycles. The van der Waals surface area contributed by atoms with Crippen molar-refractivity contribution in [3.05, 3.63) is 52.5 Å². The van der Waals surface area contributed by atoms with Crippen molar-refractivity contribution in [3.8, 4) is 11.4 Å². The maximum absolute atomic E-state index is 12.3. The lowest BCUT2D eigenvalue weighted by atomic mass is 10.2. The number of aromatic nitrogens is 4. The van der Waals surface area contributed by atoms with Crippen molar-refractivity contribution in [2.75, 3.05) is 18.2 Å². The number of carbonyl (C=O) groups excluding carboxylic acids is 1. The third kappa shape index (κ3) is 4.41. The van der Waals surface area contributed by atoms with E-state index >= 15 is 0 Å². The number of anilines is 1. The zero-order chi connectivity index (χ0) is 18.5. The number of hydrogen-bond donors (Lipinski definition) is 1. The summed E-state index contributed by atoms with van der Waals surface area (Å²) < 4.78 is 7.74. The maximum atomic E-state index is 12.3. The monoisotopic (exact) mass is 433 g/mol. The quantitative estimate of drug-likeness (QED) is 0.599. The molecule has 0 aliphatic heterocycles. The van der Waals surface area contributed by atoms with E-state index in [1.165, 1.54) is 11.8 Å². The highest BCUT2D eigenvalue weighted by atomic mass is 79.9. The fraction of sp³-hybridized carbons (Fsp3) is 0.176. The molecule has 0 spiro atoms. The van der Waals surface area contributed by atoms with Gasteiger partial charge in [0.2, 0.25) is 11.1 Å². The van der Waals surface area contributed by atoms with Crippen LogP contribution in [-0.2, 0) is 4.79 Å². The Labute approximate surface area is 163 Å². The third-order valence-corrected chi connectivity index (χ3v) is 5.00. The predicted octanol–water partition coefficient (Wildman–Crippen LogP) is 3.47. The minimum atomic E-state index is -0.131. The second kappa shape index (κ2) is 8.33. The summed E-state index contributed by atoms with van der Waals surface area (Å²) in [5.41, 5.74) is 2.51. The highest BCUT2D eigenvalue weighted by Gasteiger charge is 2.12. The summed E-state index contributed by atoms with van der Waals surface area (Å²) in [6, 6.07) is 13.1. The number of halogens is 1. The van der Waals surface area contributed by atoms with Crippen molar-refractivity contribution in [2.24, 2.45) is 0 Å². The SMILES string of the molecule is COc1ccc(NC(=O)CSc2nnnn2-c2ccc(Br)cc2)c(C)c1. The van der Waals surface area contributed by atoms with Gasteiger partial charge in [0.25, 0.3) is 0 Å². The van der Waals surface area contributed by atoms with Crippen molar-refractivity contribution in [2.45, 2.75) is 12.1 Å². The number of rotatable bonds is 6. The molecule has 0 fully saturated rings. The van der Waals surface area contributed by atoms with Gasteiger partial charge in [-0.05, 0) is 65.4 Å². The number of hydrogen-bond acceptors (Lipinski definition) is 6. The van der Waals surface area contributed by atoms with E-state index in [9.17, 15) is 4.79 Å². The molecule has 0 atom stereocenters. The second-order valence-corrected chi connectivity index (χ2v) is 7.23. The van der Waals surface area contributed by atoms with E-state index < -0.39 is 0 Å². The number of benzene rings is 2. The van der Waals surface area contributed by atoms with Gasteiger partial charge in [0.05, 0.1) is 18.6 Å². The van der Waals surface area contributed by atoms with Crippen LogP contribution in [0.25, 0.3) is 5.69 Å². The van der Waals surface area contributed by atoms with Crippen LogP contribution in [0.5, 0.6) is 5.75 Å². The van der Waals surface area contributed by atoms with Crippen LogP contribution in [0.3, 0.4) is 0 Å². The van der Waals surface area contributed by atoms with Gasteiger partial charge in [0.1, 0.15) is 5.75 Å². The van der Waals surface area contributed by atoms with Crippen LogP contribution in [0.15, 0.2) is 52.1 Å². The number of nitrogens with zero attached hydrogens (tertiary/aromatic N) is 4. The van der Waals surface area contributed by atoms with Gasteiger partial charge < -0.3 is 10.1 Å². The number of nitrogens with one attached hydrogen (secondary N) is 1. The topological polar surface area (TPSA) is 81.9 Å². The lowest BCUT2D eigenvalue weighted by Gasteiger charge is -2.10. The fourth-order valence-corrected chi connectivity index (χ4v) is 3.19. The predicted molar refractivity (Wildman–Crippen MR) is 104 cm³/mol. The summed E-state index contributed by atoms with van der Waals surface area (Å²) >= 11 is 4.67. The maximum Gasteiger partial charge on any atom is 0.234 e. The summed E-state index contributed by atoms with van der Waals surface area (Å²) in [4.78, 5) is 12.3. The van der Waals surface area contributed by atoms with Crippen molar-refractivity contribution in [3.63, 3.8) is 0 Å². The van der Waals surface area contributed by atoms with Crippen LogP contribution in [0.2, 0.25) is 0 Å². The molecule has 2 aromatic carbocycles. The molecule has 0 unspecified atom stereocenters. The van der Waals surface area contributed by atoms with Gasteiger partial charge in [-0.3, -0.25) is 4.79 Å². The van der Waals surface area contributed by atoms with Crippen molar-refractivity contribution in [1.82, 2.24) is 20.2 Å². The van der Waals surface area contributed by atoms with Gasteiger partial charge >= 0.3 is 0 Å². The van der Waals surface area contributed by atoms with E-state index in [1.54, 1.807) is 11.8 Å². The molecule has 0 aliphatic carbocycles. The van der Waals surface area contributed by atoms with Gasteiger partial charge in [-0.25, -0.2) is 0 Å². The zero-order valence-electron chi connectivity index (χ0n) is 14.1. The molecule has 1 aromatic heterocycles. The van der Waals surface area contributed by atoms with E-state index in [1.807, 2.05) is 49.4 Å². The first-order valence-electron chi connectivity index (χ1n) is 7.68. The molecule has 1 amide bonds. The van der Waals surface area contributed by atoms with E-state index in [0.29, 0.717) is 5.16 Å². The largest absolute Gasteiger partial charge is 0.497 e. The molecule has 134 valence electrons. The van der Waals surface area contributed by atoms with Gasteiger partial charge in [-0.15, -0.1) is 5.10 Å². The molecule has 0 bridgehead atoms. The summed E-state index contributed by atoms with van der Waals surface area (Å²) in [5.74, 6) is 0.819. The van der Waals surface area contributed by atoms with Gasteiger partial charge in [0, 0.05) is 10.2 Å². The molecule has 0 radical (unpaired) electrons. The number of tetrazole rings is 1. The molecule has 7 nitrogen and oxygen atoms in total. The molecule has 3 aromatic rings. The van der Waals surface area contributed by atoms with E-state index in [-0.39, 0.29) is 11.7 Å². The molecule has 0 saturated heterocycles. The fourth-order valence-electron chi connectivity index (χ4n) is 2.23. The lowest BCUT2D eigenvalue weighted by molar-refractivity contribution is -0.113. The molecule has 1 heterocycles. The summed E-state index contributed by atoms with van der Waals surface area (Å²) in [7, 11) is 1.61. The Balaban J connectivity index is 1.64. The number of carbonyl (C=O) groups is 1. The smallest absolute Gasteiger partial charge is 0.234 e. The van der Waals surface area contributed by atoms with Gasteiger partial charge in [-0.2, -0.15) is 4.68 Å². The van der Waals surface area contributed by atoms with Crippen LogP contribution in [0.1, 0.15) is 5.56 Å². The Morgan fingerprint density at radius 2 is 2.04 bits per heavy atom. The Morgan fingerprint density at radius 3 is 2.73 bits per heavy atom. The van der Waals surface area contributed by atoms with Gasteiger partial charge in [-0.1, -0.05) is 27.7 Å². The number of thioether (sulfide) groups is 1. The van der Waals surface area contributed by atoms with E-state index in [4.69, 9.17) is 4.74 Å². The van der Waals surface area contributed by atoms with Crippen LogP contribution in [0.4, 0.5) is 5.69 Å². The molecular weight excluding hydrogens is 418 g/mol. The number of ether oxygens (including phenoxy) is 1. The number of methoxy groups -OCH3 is 1. The van der Waals surface area contributed by atoms with E-state index in [0.717, 1.165) is 27.2 Å². The third-order valence-electron chi connectivity index (χ3n) is 3.55. The van der Waals surface area contributed by atoms with E-state index in [2.05, 4.69) is 36.8 Å².